The van der Waals surface area contributed by atoms with Gasteiger partial charge in [-0.05, 0) is 62.2 Å². The van der Waals surface area contributed by atoms with E-state index in [9.17, 15) is 45.3 Å². The molecule has 1 saturated heterocycles. The number of hydrogen-bond donors (Lipinski definition) is 7. The van der Waals surface area contributed by atoms with E-state index in [1.165, 1.54) is 6.92 Å². The molecular weight excluding hydrogens is 608 g/mol. The van der Waals surface area contributed by atoms with Gasteiger partial charge in [0.1, 0.15) is 35.8 Å². The quantitative estimate of drug-likeness (QED) is 0.186. The average molecular weight is 665 g/mol. The number of Topliss-reactive ketones (excluding diaryl/α,β-unsaturated/α-hetero) is 2. The standard InChI is InChI=1S/C36H56O11/c1-17(2)9-12-24(40)36(8,45)29-21(39)14-33(5)23-11-10-18-19(35(23,7)25(41)15-34(29,33)6)13-20(38)30(32(18,3)4)47-31-28(44)27(43)26(42)22(16-37)46-31/h10,19-23,26-31,37-39,42-45H,1,9,11-16H2,2-8H3/t19?,20-,21+,22+,23?,26+,27-,28+,29?,30+,31-,33-,34+,35-,36?/m0/s1. The van der Waals surface area contributed by atoms with Crippen molar-refractivity contribution >= 4 is 11.6 Å². The summed E-state index contributed by atoms with van der Waals surface area (Å²) in [6.07, 6.45) is -6.71. The molecule has 3 saturated carbocycles. The van der Waals surface area contributed by atoms with Crippen LogP contribution < -0.4 is 0 Å². The van der Waals surface area contributed by atoms with Crippen molar-refractivity contribution in [3.05, 3.63) is 23.8 Å². The van der Waals surface area contributed by atoms with E-state index in [4.69, 9.17) is 9.47 Å². The lowest BCUT2D eigenvalue weighted by Gasteiger charge is -2.65. The van der Waals surface area contributed by atoms with Crippen molar-refractivity contribution in [2.45, 2.75) is 142 Å². The van der Waals surface area contributed by atoms with Gasteiger partial charge in [0, 0.05) is 29.6 Å². The number of rotatable bonds is 8. The number of aliphatic hydroxyl groups is 7. The fourth-order valence-corrected chi connectivity index (χ4v) is 10.9. The third-order valence-corrected chi connectivity index (χ3v) is 13.7. The molecule has 11 heteroatoms. The molecule has 15 atom stereocenters. The molecule has 11 nitrogen and oxygen atoms in total. The van der Waals surface area contributed by atoms with Crippen molar-refractivity contribution in [2.75, 3.05) is 6.61 Å². The van der Waals surface area contributed by atoms with Crippen LogP contribution in [0.25, 0.3) is 0 Å². The molecule has 0 radical (unpaired) electrons. The van der Waals surface area contributed by atoms with Crippen molar-refractivity contribution in [1.29, 1.82) is 0 Å². The highest BCUT2D eigenvalue weighted by Crippen LogP contribution is 2.74. The highest BCUT2D eigenvalue weighted by atomic mass is 16.7. The lowest BCUT2D eigenvalue weighted by molar-refractivity contribution is -0.327. The van der Waals surface area contributed by atoms with Gasteiger partial charge in [0.15, 0.2) is 12.1 Å². The maximum absolute atomic E-state index is 14.6. The molecule has 0 amide bonds. The number of fused-ring (bicyclic) bond motifs is 5. The van der Waals surface area contributed by atoms with E-state index in [1.54, 1.807) is 0 Å². The molecule has 1 heterocycles. The van der Waals surface area contributed by atoms with Gasteiger partial charge in [0.25, 0.3) is 0 Å². The number of aliphatic hydroxyl groups excluding tert-OH is 6. The van der Waals surface area contributed by atoms with Crippen LogP contribution in [-0.2, 0) is 19.1 Å². The molecule has 5 rings (SSSR count). The van der Waals surface area contributed by atoms with E-state index in [0.29, 0.717) is 19.3 Å². The van der Waals surface area contributed by atoms with E-state index in [1.807, 2.05) is 34.6 Å². The lowest BCUT2D eigenvalue weighted by atomic mass is 9.38. The van der Waals surface area contributed by atoms with Crippen LogP contribution in [0.3, 0.4) is 0 Å². The largest absolute Gasteiger partial charge is 0.394 e. The van der Waals surface area contributed by atoms with Crippen molar-refractivity contribution in [1.82, 2.24) is 0 Å². The molecule has 4 aliphatic carbocycles. The summed E-state index contributed by atoms with van der Waals surface area (Å²) in [6.45, 7) is 16.3. The molecule has 0 aromatic carbocycles. The Labute approximate surface area is 277 Å². The Kier molecular flexibility index (Phi) is 9.42. The third kappa shape index (κ3) is 5.26. The van der Waals surface area contributed by atoms with Gasteiger partial charge in [-0.3, -0.25) is 9.59 Å². The first-order chi connectivity index (χ1) is 21.6. The summed E-state index contributed by atoms with van der Waals surface area (Å²) in [6, 6.07) is 0. The summed E-state index contributed by atoms with van der Waals surface area (Å²) in [5, 5.41) is 75.9. The highest BCUT2D eigenvalue weighted by Gasteiger charge is 2.74. The number of carbonyl (C=O) groups excluding carboxylic acids is 2. The monoisotopic (exact) mass is 664 g/mol. The Morgan fingerprint density at radius 1 is 1.02 bits per heavy atom. The zero-order valence-electron chi connectivity index (χ0n) is 28.8. The smallest absolute Gasteiger partial charge is 0.187 e. The van der Waals surface area contributed by atoms with Gasteiger partial charge in [-0.25, -0.2) is 0 Å². The van der Waals surface area contributed by atoms with E-state index >= 15 is 0 Å². The molecule has 5 aliphatic rings. The Balaban J connectivity index is 1.47. The molecular formula is C36H56O11. The minimum Gasteiger partial charge on any atom is -0.394 e. The first-order valence-corrected chi connectivity index (χ1v) is 17.1. The van der Waals surface area contributed by atoms with Gasteiger partial charge in [0.05, 0.1) is 24.9 Å². The molecule has 47 heavy (non-hydrogen) atoms. The van der Waals surface area contributed by atoms with Crippen molar-refractivity contribution in [2.24, 2.45) is 39.4 Å². The van der Waals surface area contributed by atoms with Crippen LogP contribution in [0, 0.1) is 39.4 Å². The number of carbonyl (C=O) groups is 2. The second-order valence-corrected chi connectivity index (χ2v) is 16.8. The SMILES string of the molecule is C=C(C)CCC(=O)C(C)(O)C1[C@H](O)C[C@@]2(C)C3CC=C4C(C[C@H](O)[C@@H](O[C@@H]5O[C@H](CO)[C@@H](O)[C@H](O)[C@H]5O)C4(C)C)[C@]3(C)C(=O)C[C@]12C. The van der Waals surface area contributed by atoms with Crippen LogP contribution >= 0.6 is 0 Å². The zero-order chi connectivity index (χ0) is 35.2. The molecule has 266 valence electrons. The topological polar surface area (TPSA) is 194 Å². The van der Waals surface area contributed by atoms with Gasteiger partial charge in [-0.15, -0.1) is 6.58 Å². The predicted octanol–water partition coefficient (Wildman–Crippen LogP) is 1.57. The first kappa shape index (κ1) is 36.7. The molecule has 4 fully saturated rings. The minimum atomic E-state index is -1.84. The van der Waals surface area contributed by atoms with Gasteiger partial charge >= 0.3 is 0 Å². The van der Waals surface area contributed by atoms with Gasteiger partial charge in [0.2, 0.25) is 0 Å². The number of hydrogen-bond acceptors (Lipinski definition) is 11. The molecule has 0 aromatic heterocycles. The van der Waals surface area contributed by atoms with Crippen LogP contribution in [0.15, 0.2) is 23.8 Å². The first-order valence-electron chi connectivity index (χ1n) is 17.1. The van der Waals surface area contributed by atoms with Crippen molar-refractivity contribution in [3.63, 3.8) is 0 Å². The van der Waals surface area contributed by atoms with Crippen LogP contribution in [0.2, 0.25) is 0 Å². The summed E-state index contributed by atoms with van der Waals surface area (Å²) < 4.78 is 11.8. The van der Waals surface area contributed by atoms with E-state index in [2.05, 4.69) is 19.6 Å². The van der Waals surface area contributed by atoms with Gasteiger partial charge < -0.3 is 45.2 Å². The van der Waals surface area contributed by atoms with Gasteiger partial charge in [-0.1, -0.05) is 51.8 Å². The van der Waals surface area contributed by atoms with E-state index < -0.39 is 88.8 Å². The number of allylic oxidation sites excluding steroid dienone is 2. The maximum Gasteiger partial charge on any atom is 0.187 e. The van der Waals surface area contributed by atoms with Crippen LogP contribution in [0.1, 0.15) is 87.0 Å². The molecule has 0 aromatic rings. The summed E-state index contributed by atoms with van der Waals surface area (Å²) in [5.41, 5.74) is -3.37. The van der Waals surface area contributed by atoms with Crippen LogP contribution in [-0.4, -0.2) is 109 Å². The fraction of sp³-hybridized carbons (Fsp3) is 0.833. The minimum absolute atomic E-state index is 0.0290. The van der Waals surface area contributed by atoms with E-state index in [0.717, 1.165) is 11.1 Å². The molecule has 0 spiro atoms. The molecule has 0 bridgehead atoms. The van der Waals surface area contributed by atoms with Crippen molar-refractivity contribution < 1.29 is 54.8 Å². The summed E-state index contributed by atoms with van der Waals surface area (Å²) in [4.78, 5) is 28.0. The normalized spacial score (nSPS) is 48.9. The van der Waals surface area contributed by atoms with Crippen LogP contribution in [0.4, 0.5) is 0 Å². The second kappa shape index (κ2) is 12.1. The Morgan fingerprint density at radius 3 is 2.26 bits per heavy atom. The van der Waals surface area contributed by atoms with Gasteiger partial charge in [-0.2, -0.15) is 0 Å². The fourth-order valence-electron chi connectivity index (χ4n) is 10.9. The Morgan fingerprint density at radius 2 is 1.66 bits per heavy atom. The van der Waals surface area contributed by atoms with Crippen LogP contribution in [0.5, 0.6) is 0 Å². The second-order valence-electron chi connectivity index (χ2n) is 16.8. The molecule has 7 N–H and O–H groups in total. The van der Waals surface area contributed by atoms with E-state index in [-0.39, 0.29) is 42.7 Å². The Hall–Kier alpha value is -1.54. The molecule has 1 aliphatic heterocycles. The number of ether oxygens (including phenoxy) is 2. The third-order valence-electron chi connectivity index (χ3n) is 13.7. The molecule has 4 unspecified atom stereocenters. The lowest BCUT2D eigenvalue weighted by Crippen LogP contribution is -2.66. The highest BCUT2D eigenvalue weighted by molar-refractivity contribution is 5.90. The predicted molar refractivity (Wildman–Crippen MR) is 170 cm³/mol. The number of ketones is 2. The van der Waals surface area contributed by atoms with Crippen molar-refractivity contribution in [3.8, 4) is 0 Å². The zero-order valence-corrected chi connectivity index (χ0v) is 28.8. The Bertz CT molecular complexity index is 1310. The summed E-state index contributed by atoms with van der Waals surface area (Å²) in [7, 11) is 0. The summed E-state index contributed by atoms with van der Waals surface area (Å²) >= 11 is 0. The maximum atomic E-state index is 14.6. The summed E-state index contributed by atoms with van der Waals surface area (Å²) in [5.74, 6) is -1.87. The average Bonchev–Trinajstić information content (AvgIpc) is 3.18.